The van der Waals surface area contributed by atoms with Crippen LogP contribution in [0, 0.1) is 11.7 Å². The number of pyridine rings is 1. The van der Waals surface area contributed by atoms with Crippen molar-refractivity contribution in [3.8, 4) is 0 Å². The van der Waals surface area contributed by atoms with Crippen LogP contribution < -0.4 is 0 Å². The Labute approximate surface area is 127 Å². The summed E-state index contributed by atoms with van der Waals surface area (Å²) < 4.78 is 13.2. The molecular weight excluding hydrogens is 297 g/mol. The molecule has 0 aromatic carbocycles. The van der Waals surface area contributed by atoms with Crippen molar-refractivity contribution in [2.24, 2.45) is 5.92 Å². The van der Waals surface area contributed by atoms with Crippen LogP contribution in [-0.4, -0.2) is 53.8 Å². The highest BCUT2D eigenvalue weighted by Gasteiger charge is 2.29. The van der Waals surface area contributed by atoms with Gasteiger partial charge in [-0.2, -0.15) is 0 Å². The van der Waals surface area contributed by atoms with E-state index in [9.17, 15) is 14.0 Å². The van der Waals surface area contributed by atoms with Crippen molar-refractivity contribution >= 4 is 23.4 Å². The maximum absolute atomic E-state index is 13.2. The van der Waals surface area contributed by atoms with Gasteiger partial charge in [-0.25, -0.2) is 9.37 Å². The largest absolute Gasteiger partial charge is 0.349 e. The molecule has 1 fully saturated rings. The second-order valence-electron chi connectivity index (χ2n) is 5.29. The molecule has 1 saturated heterocycles. The maximum Gasteiger partial charge on any atom is 0.257 e. The van der Waals surface area contributed by atoms with Crippen molar-refractivity contribution in [3.05, 3.63) is 28.8 Å². The summed E-state index contributed by atoms with van der Waals surface area (Å²) in [5, 5.41) is -0.00658. The average molecular weight is 314 g/mol. The number of carbonyl (C=O) groups is 2. The smallest absolute Gasteiger partial charge is 0.257 e. The zero-order chi connectivity index (χ0) is 15.6. The normalized spacial score (nSPS) is 15.9. The minimum absolute atomic E-state index is 0.00658. The lowest BCUT2D eigenvalue weighted by atomic mass is 9.95. The van der Waals surface area contributed by atoms with Crippen LogP contribution >= 0.6 is 11.6 Å². The van der Waals surface area contributed by atoms with Crippen LogP contribution in [0.4, 0.5) is 4.39 Å². The van der Waals surface area contributed by atoms with E-state index in [4.69, 9.17) is 11.6 Å². The molecule has 1 aliphatic heterocycles. The summed E-state index contributed by atoms with van der Waals surface area (Å²) in [4.78, 5) is 31.0. The maximum atomic E-state index is 13.2. The van der Waals surface area contributed by atoms with Crippen molar-refractivity contribution in [1.82, 2.24) is 14.8 Å². The molecule has 5 nitrogen and oxygen atoms in total. The fourth-order valence-electron chi connectivity index (χ4n) is 2.44. The third kappa shape index (κ3) is 3.50. The summed E-state index contributed by atoms with van der Waals surface area (Å²) in [6.07, 6.45) is 2.17. The van der Waals surface area contributed by atoms with Crippen LogP contribution in [0.2, 0.25) is 5.15 Å². The molecule has 0 bridgehead atoms. The highest BCUT2D eigenvalue weighted by molar-refractivity contribution is 6.32. The Balaban J connectivity index is 2.03. The summed E-state index contributed by atoms with van der Waals surface area (Å²) in [6, 6.07) is 1.09. The Morgan fingerprint density at radius 2 is 2.00 bits per heavy atom. The average Bonchev–Trinajstić information content (AvgIpc) is 2.48. The van der Waals surface area contributed by atoms with Gasteiger partial charge >= 0.3 is 0 Å². The van der Waals surface area contributed by atoms with E-state index in [0.717, 1.165) is 12.3 Å². The minimum Gasteiger partial charge on any atom is -0.349 e. The minimum atomic E-state index is -0.597. The Hall–Kier alpha value is -1.69. The zero-order valence-electron chi connectivity index (χ0n) is 12.0. The Morgan fingerprint density at radius 1 is 1.38 bits per heavy atom. The number of aromatic nitrogens is 1. The molecule has 0 spiro atoms. The molecular formula is C14H17ClFN3O2. The standard InChI is InChI=1S/C14H17ClFN3O2/c1-18(2)13(20)9-3-5-19(6-4-9)14(21)11-7-10(16)8-17-12(11)15/h7-9H,3-6H2,1-2H3. The fourth-order valence-corrected chi connectivity index (χ4v) is 2.62. The van der Waals surface area contributed by atoms with Gasteiger partial charge < -0.3 is 9.80 Å². The van der Waals surface area contributed by atoms with Crippen LogP contribution in [0.25, 0.3) is 0 Å². The summed E-state index contributed by atoms with van der Waals surface area (Å²) in [7, 11) is 3.44. The number of carbonyl (C=O) groups excluding carboxylic acids is 2. The van der Waals surface area contributed by atoms with E-state index in [2.05, 4.69) is 4.98 Å². The molecule has 1 aromatic heterocycles. The summed E-state index contributed by atoms with van der Waals surface area (Å²) in [5.41, 5.74) is 0.0639. The number of nitrogens with zero attached hydrogens (tertiary/aromatic N) is 3. The first kappa shape index (κ1) is 15.7. The first-order chi connectivity index (χ1) is 9.90. The molecule has 21 heavy (non-hydrogen) atoms. The number of piperidine rings is 1. The molecule has 0 aliphatic carbocycles. The van der Waals surface area contributed by atoms with Crippen LogP contribution in [-0.2, 0) is 4.79 Å². The molecule has 0 atom stereocenters. The van der Waals surface area contributed by atoms with E-state index < -0.39 is 5.82 Å². The van der Waals surface area contributed by atoms with Gasteiger partial charge in [-0.05, 0) is 18.9 Å². The number of likely N-dealkylation sites (tertiary alicyclic amines) is 1. The van der Waals surface area contributed by atoms with Gasteiger partial charge in [0.25, 0.3) is 5.91 Å². The SMILES string of the molecule is CN(C)C(=O)C1CCN(C(=O)c2cc(F)cnc2Cl)CC1. The van der Waals surface area contributed by atoms with Crippen LogP contribution in [0.3, 0.4) is 0 Å². The molecule has 1 aromatic rings. The van der Waals surface area contributed by atoms with Gasteiger partial charge in [-0.1, -0.05) is 11.6 Å². The van der Waals surface area contributed by atoms with Gasteiger partial charge in [0.2, 0.25) is 5.91 Å². The van der Waals surface area contributed by atoms with Crippen molar-refractivity contribution in [2.75, 3.05) is 27.2 Å². The lowest BCUT2D eigenvalue weighted by molar-refractivity contribution is -0.134. The van der Waals surface area contributed by atoms with Gasteiger partial charge in [0.05, 0.1) is 11.8 Å². The number of rotatable bonds is 2. The van der Waals surface area contributed by atoms with E-state index in [1.165, 1.54) is 0 Å². The zero-order valence-corrected chi connectivity index (χ0v) is 12.7. The summed E-state index contributed by atoms with van der Waals surface area (Å²) in [6.45, 7) is 0.909. The number of hydrogen-bond donors (Lipinski definition) is 0. The number of amides is 2. The van der Waals surface area contributed by atoms with E-state index >= 15 is 0 Å². The summed E-state index contributed by atoms with van der Waals surface area (Å²) in [5.74, 6) is -0.930. The van der Waals surface area contributed by atoms with Crippen LogP contribution in [0.15, 0.2) is 12.3 Å². The molecule has 114 valence electrons. The van der Waals surface area contributed by atoms with E-state index in [-0.39, 0.29) is 28.4 Å². The predicted molar refractivity (Wildman–Crippen MR) is 76.5 cm³/mol. The molecule has 2 amide bonds. The van der Waals surface area contributed by atoms with Crippen molar-refractivity contribution in [3.63, 3.8) is 0 Å². The van der Waals surface area contributed by atoms with Crippen LogP contribution in [0.1, 0.15) is 23.2 Å². The van der Waals surface area contributed by atoms with Gasteiger partial charge in [0.1, 0.15) is 11.0 Å². The molecule has 7 heteroatoms. The van der Waals surface area contributed by atoms with Crippen molar-refractivity contribution in [2.45, 2.75) is 12.8 Å². The molecule has 0 N–H and O–H groups in total. The van der Waals surface area contributed by atoms with Gasteiger partial charge in [0, 0.05) is 33.1 Å². The Morgan fingerprint density at radius 3 is 2.57 bits per heavy atom. The molecule has 2 heterocycles. The monoisotopic (exact) mass is 313 g/mol. The topological polar surface area (TPSA) is 53.5 Å². The second-order valence-corrected chi connectivity index (χ2v) is 5.65. The molecule has 0 radical (unpaired) electrons. The Bertz CT molecular complexity index is 557. The quantitative estimate of drug-likeness (QED) is 0.783. The molecule has 0 saturated carbocycles. The predicted octanol–water partition coefficient (Wildman–Crippen LogP) is 1.81. The second kappa shape index (κ2) is 6.39. The van der Waals surface area contributed by atoms with Crippen LogP contribution in [0.5, 0.6) is 0 Å². The van der Waals surface area contributed by atoms with Gasteiger partial charge in [0.15, 0.2) is 0 Å². The van der Waals surface area contributed by atoms with Gasteiger partial charge in [-0.3, -0.25) is 9.59 Å². The molecule has 1 aliphatic rings. The third-order valence-corrected chi connectivity index (χ3v) is 3.91. The number of halogens is 2. The van der Waals surface area contributed by atoms with E-state index in [0.29, 0.717) is 25.9 Å². The van der Waals surface area contributed by atoms with Crippen molar-refractivity contribution < 1.29 is 14.0 Å². The number of hydrogen-bond acceptors (Lipinski definition) is 3. The van der Waals surface area contributed by atoms with Crippen molar-refractivity contribution in [1.29, 1.82) is 0 Å². The fraction of sp³-hybridized carbons (Fsp3) is 0.500. The highest BCUT2D eigenvalue weighted by Crippen LogP contribution is 2.22. The summed E-state index contributed by atoms with van der Waals surface area (Å²) >= 11 is 5.84. The van der Waals surface area contributed by atoms with Gasteiger partial charge in [-0.15, -0.1) is 0 Å². The van der Waals surface area contributed by atoms with E-state index in [1.54, 1.807) is 23.9 Å². The third-order valence-electron chi connectivity index (χ3n) is 3.61. The first-order valence-corrected chi connectivity index (χ1v) is 7.09. The highest BCUT2D eigenvalue weighted by atomic mass is 35.5. The lowest BCUT2D eigenvalue weighted by Gasteiger charge is -2.32. The molecule has 0 unspecified atom stereocenters. The lowest BCUT2D eigenvalue weighted by Crippen LogP contribution is -2.42. The first-order valence-electron chi connectivity index (χ1n) is 6.71. The van der Waals surface area contributed by atoms with E-state index in [1.807, 2.05) is 0 Å². The molecule has 2 rings (SSSR count). The Kier molecular flexibility index (Phi) is 4.77.